The SMILES string of the molecule is C[SiH]1c2ccccc2N(CC[SiH]2c3ccccc3Sc3ccccc32)c2ccccc21. The Hall–Kier alpha value is -2.54. The minimum absolute atomic E-state index is 1.08. The highest BCUT2D eigenvalue weighted by Crippen LogP contribution is 2.32. The molecule has 4 aromatic rings. The summed E-state index contributed by atoms with van der Waals surface area (Å²) in [7, 11) is -2.42. The Balaban J connectivity index is 1.40. The first-order chi connectivity index (χ1) is 15.3. The van der Waals surface area contributed by atoms with Gasteiger partial charge in [-0.1, -0.05) is 91.1 Å². The van der Waals surface area contributed by atoms with Gasteiger partial charge in [-0.05, 0) is 51.1 Å². The fourth-order valence-electron chi connectivity index (χ4n) is 5.32. The fraction of sp³-hybridized carbons (Fsp3) is 0.111. The molecule has 0 spiro atoms. The Bertz CT molecular complexity index is 1180. The first-order valence-corrected chi connectivity index (χ1v) is 16.2. The zero-order chi connectivity index (χ0) is 20.8. The van der Waals surface area contributed by atoms with Crippen LogP contribution in [0.5, 0.6) is 0 Å². The standard InChI is InChI=1S/C27H25NSSi2/c1-30-24-14-6-2-10-20(24)28(21-11-3-7-15-25(21)30)18-19-31-26-16-8-4-12-22(26)29-23-13-5-9-17-27(23)31/h2-17,30-31H,18-19H2,1H3. The van der Waals surface area contributed by atoms with E-state index < -0.39 is 17.6 Å². The Morgan fingerprint density at radius 1 is 0.613 bits per heavy atom. The zero-order valence-electron chi connectivity index (χ0n) is 17.7. The van der Waals surface area contributed by atoms with Crippen molar-refractivity contribution in [2.45, 2.75) is 22.4 Å². The van der Waals surface area contributed by atoms with Gasteiger partial charge in [-0.15, -0.1) is 0 Å². The molecule has 2 aliphatic heterocycles. The zero-order valence-corrected chi connectivity index (χ0v) is 20.8. The van der Waals surface area contributed by atoms with Crippen molar-refractivity contribution in [1.29, 1.82) is 0 Å². The molecule has 4 aromatic carbocycles. The van der Waals surface area contributed by atoms with E-state index in [0.717, 1.165) is 6.54 Å². The second kappa shape index (κ2) is 7.86. The van der Waals surface area contributed by atoms with Crippen molar-refractivity contribution in [1.82, 2.24) is 0 Å². The number of hydrogen-bond donors (Lipinski definition) is 0. The second-order valence-electron chi connectivity index (χ2n) is 8.51. The maximum Gasteiger partial charge on any atom is 0.107 e. The van der Waals surface area contributed by atoms with Crippen LogP contribution in [0.3, 0.4) is 0 Å². The molecular formula is C27H25NSSi2. The highest BCUT2D eigenvalue weighted by atomic mass is 32.2. The van der Waals surface area contributed by atoms with Gasteiger partial charge in [0.2, 0.25) is 0 Å². The van der Waals surface area contributed by atoms with Crippen molar-refractivity contribution in [2.24, 2.45) is 0 Å². The molecule has 4 heteroatoms. The van der Waals surface area contributed by atoms with Crippen molar-refractivity contribution >= 4 is 61.5 Å². The molecule has 31 heavy (non-hydrogen) atoms. The molecule has 0 bridgehead atoms. The molecule has 6 rings (SSSR count). The average Bonchev–Trinajstić information content (AvgIpc) is 2.83. The molecule has 0 unspecified atom stereocenters. The molecule has 0 atom stereocenters. The van der Waals surface area contributed by atoms with Crippen LogP contribution < -0.4 is 25.6 Å². The number of anilines is 2. The number of hydrogen-bond acceptors (Lipinski definition) is 2. The summed E-state index contributed by atoms with van der Waals surface area (Å²) in [4.78, 5) is 5.56. The summed E-state index contributed by atoms with van der Waals surface area (Å²) < 4.78 is 0. The average molecular weight is 452 g/mol. The number of benzene rings is 4. The first-order valence-electron chi connectivity index (χ1n) is 11.1. The summed E-state index contributed by atoms with van der Waals surface area (Å²) in [5, 5.41) is 6.41. The van der Waals surface area contributed by atoms with Crippen LogP contribution in [0.4, 0.5) is 11.4 Å². The Labute approximate surface area is 192 Å². The Morgan fingerprint density at radius 2 is 1.06 bits per heavy atom. The van der Waals surface area contributed by atoms with E-state index >= 15 is 0 Å². The summed E-state index contributed by atoms with van der Waals surface area (Å²) in [6, 6.07) is 37.8. The van der Waals surface area contributed by atoms with Crippen LogP contribution in [0.1, 0.15) is 0 Å². The number of fused-ring (bicyclic) bond motifs is 4. The summed E-state index contributed by atoms with van der Waals surface area (Å²) in [6.07, 6.45) is 0. The van der Waals surface area contributed by atoms with Crippen molar-refractivity contribution in [2.75, 3.05) is 11.4 Å². The third-order valence-corrected chi connectivity index (χ3v) is 14.6. The molecule has 0 saturated carbocycles. The molecule has 1 nitrogen and oxygen atoms in total. The maximum absolute atomic E-state index is 2.62. The fourth-order valence-corrected chi connectivity index (χ4v) is 13.0. The number of para-hydroxylation sites is 2. The lowest BCUT2D eigenvalue weighted by atomic mass is 10.2. The maximum atomic E-state index is 2.62. The van der Waals surface area contributed by atoms with Gasteiger partial charge in [0.05, 0.1) is 0 Å². The minimum atomic E-state index is -1.29. The van der Waals surface area contributed by atoms with E-state index in [-0.39, 0.29) is 0 Å². The van der Waals surface area contributed by atoms with Crippen molar-refractivity contribution in [3.8, 4) is 0 Å². The molecule has 0 amide bonds. The van der Waals surface area contributed by atoms with E-state index in [2.05, 4.69) is 109 Å². The molecule has 152 valence electrons. The predicted octanol–water partition coefficient (Wildman–Crippen LogP) is 3.62. The monoisotopic (exact) mass is 451 g/mol. The lowest BCUT2D eigenvalue weighted by molar-refractivity contribution is 1.02. The molecular weight excluding hydrogens is 427 g/mol. The third-order valence-electron chi connectivity index (χ3n) is 6.84. The molecule has 2 heterocycles. The lowest BCUT2D eigenvalue weighted by Crippen LogP contribution is -2.51. The molecule has 0 aromatic heterocycles. The predicted molar refractivity (Wildman–Crippen MR) is 140 cm³/mol. The minimum Gasteiger partial charge on any atom is -0.342 e. The van der Waals surface area contributed by atoms with Crippen LogP contribution in [0.25, 0.3) is 0 Å². The van der Waals surface area contributed by atoms with Crippen molar-refractivity contribution < 1.29 is 0 Å². The van der Waals surface area contributed by atoms with Gasteiger partial charge in [-0.3, -0.25) is 0 Å². The van der Waals surface area contributed by atoms with Gasteiger partial charge in [0, 0.05) is 27.7 Å². The number of rotatable bonds is 3. The first kappa shape index (κ1) is 19.2. The van der Waals surface area contributed by atoms with Crippen LogP contribution in [0.15, 0.2) is 107 Å². The van der Waals surface area contributed by atoms with Crippen LogP contribution in [0, 0.1) is 0 Å². The van der Waals surface area contributed by atoms with Crippen molar-refractivity contribution in [3.05, 3.63) is 97.1 Å². The summed E-state index contributed by atoms with van der Waals surface area (Å²) in [5.74, 6) is 0. The van der Waals surface area contributed by atoms with Crippen LogP contribution >= 0.6 is 11.8 Å². The third kappa shape index (κ3) is 3.21. The molecule has 0 N–H and O–H groups in total. The van der Waals surface area contributed by atoms with Crippen molar-refractivity contribution in [3.63, 3.8) is 0 Å². The molecule has 0 fully saturated rings. The topological polar surface area (TPSA) is 3.24 Å². The normalized spacial score (nSPS) is 15.1. The quantitative estimate of drug-likeness (QED) is 0.438. The van der Waals surface area contributed by atoms with E-state index in [1.54, 1.807) is 20.7 Å². The highest BCUT2D eigenvalue weighted by Gasteiger charge is 2.31. The second-order valence-corrected chi connectivity index (χ2v) is 15.2. The summed E-state index contributed by atoms with van der Waals surface area (Å²) in [5.41, 5.74) is 2.89. The highest BCUT2D eigenvalue weighted by molar-refractivity contribution is 8.00. The lowest BCUT2D eigenvalue weighted by Gasteiger charge is -2.37. The molecule has 2 aliphatic rings. The van der Waals surface area contributed by atoms with Crippen LogP contribution in [-0.2, 0) is 0 Å². The Morgan fingerprint density at radius 3 is 1.61 bits per heavy atom. The van der Waals surface area contributed by atoms with Crippen LogP contribution in [0.2, 0.25) is 12.6 Å². The van der Waals surface area contributed by atoms with Gasteiger partial charge in [-0.25, -0.2) is 0 Å². The molecule has 0 aliphatic carbocycles. The van der Waals surface area contributed by atoms with E-state index in [1.807, 2.05) is 11.8 Å². The van der Waals surface area contributed by atoms with Gasteiger partial charge in [0.25, 0.3) is 0 Å². The largest absolute Gasteiger partial charge is 0.342 e. The summed E-state index contributed by atoms with van der Waals surface area (Å²) >= 11 is 1.95. The Kier molecular flexibility index (Phi) is 4.86. The van der Waals surface area contributed by atoms with E-state index in [4.69, 9.17) is 0 Å². The van der Waals surface area contributed by atoms with Gasteiger partial charge in [0.15, 0.2) is 0 Å². The van der Waals surface area contributed by atoms with E-state index in [1.165, 1.54) is 27.2 Å². The van der Waals surface area contributed by atoms with Gasteiger partial charge < -0.3 is 4.90 Å². The molecule has 0 saturated heterocycles. The van der Waals surface area contributed by atoms with Gasteiger partial charge in [-0.2, -0.15) is 0 Å². The van der Waals surface area contributed by atoms with Crippen LogP contribution in [-0.4, -0.2) is 24.1 Å². The van der Waals surface area contributed by atoms with Gasteiger partial charge >= 0.3 is 0 Å². The van der Waals surface area contributed by atoms with E-state index in [0.29, 0.717) is 0 Å². The smallest absolute Gasteiger partial charge is 0.107 e. The van der Waals surface area contributed by atoms with Gasteiger partial charge in [0.1, 0.15) is 17.6 Å². The number of nitrogens with zero attached hydrogens (tertiary/aromatic N) is 1. The van der Waals surface area contributed by atoms with E-state index in [9.17, 15) is 0 Å². The summed E-state index contributed by atoms with van der Waals surface area (Å²) in [6.45, 7) is 3.56. The molecule has 0 radical (unpaired) electrons.